The number of hydrogen-bond donors (Lipinski definition) is 0. The molecule has 20 heavy (non-hydrogen) atoms. The molecule has 0 amide bonds. The van der Waals surface area contributed by atoms with Gasteiger partial charge in [-0.05, 0) is 29.8 Å². The van der Waals surface area contributed by atoms with E-state index in [4.69, 9.17) is 4.42 Å². The van der Waals surface area contributed by atoms with Crippen molar-refractivity contribution < 1.29 is 9.34 Å². The number of rotatable bonds is 3. The van der Waals surface area contributed by atoms with E-state index in [1.165, 1.54) is 6.07 Å². The molecule has 0 aliphatic heterocycles. The van der Waals surface area contributed by atoms with Crippen LogP contribution in [0.15, 0.2) is 53.1 Å². The number of hydrogen-bond acceptors (Lipinski definition) is 4. The molecule has 0 radical (unpaired) electrons. The normalized spacial score (nSPS) is 11.2. The second kappa shape index (κ2) is 4.97. The SMILES string of the molecule is O=[N+]([O-])c1ccc(/C=C/c2ccnc3ccccc23)o1. The lowest BCUT2D eigenvalue weighted by molar-refractivity contribution is -0.402. The summed E-state index contributed by atoms with van der Waals surface area (Å²) >= 11 is 0. The van der Waals surface area contributed by atoms with Crippen LogP contribution in [0.1, 0.15) is 11.3 Å². The van der Waals surface area contributed by atoms with Gasteiger partial charge in [-0.15, -0.1) is 0 Å². The third-order valence-corrected chi connectivity index (χ3v) is 2.90. The predicted octanol–water partition coefficient (Wildman–Crippen LogP) is 3.91. The molecular weight excluding hydrogens is 256 g/mol. The first-order valence-electron chi connectivity index (χ1n) is 6.00. The Morgan fingerprint density at radius 3 is 2.75 bits per heavy atom. The van der Waals surface area contributed by atoms with E-state index in [2.05, 4.69) is 4.98 Å². The Labute approximate surface area is 114 Å². The lowest BCUT2D eigenvalue weighted by Crippen LogP contribution is -1.82. The molecule has 0 spiro atoms. The van der Waals surface area contributed by atoms with E-state index in [-0.39, 0.29) is 5.88 Å². The largest absolute Gasteiger partial charge is 0.433 e. The molecule has 1 aromatic carbocycles. The number of aromatic nitrogens is 1. The molecule has 5 nitrogen and oxygen atoms in total. The fourth-order valence-corrected chi connectivity index (χ4v) is 1.97. The Morgan fingerprint density at radius 2 is 1.95 bits per heavy atom. The number of para-hydroxylation sites is 1. The van der Waals surface area contributed by atoms with Gasteiger partial charge in [0.25, 0.3) is 0 Å². The monoisotopic (exact) mass is 266 g/mol. The molecule has 0 aliphatic rings. The summed E-state index contributed by atoms with van der Waals surface area (Å²) in [4.78, 5) is 14.3. The van der Waals surface area contributed by atoms with Crippen molar-refractivity contribution in [3.63, 3.8) is 0 Å². The molecule has 2 aromatic heterocycles. The van der Waals surface area contributed by atoms with E-state index in [1.807, 2.05) is 36.4 Å². The zero-order valence-corrected chi connectivity index (χ0v) is 10.4. The van der Waals surface area contributed by atoms with Crippen LogP contribution in [0.4, 0.5) is 5.88 Å². The molecule has 0 unspecified atom stereocenters. The molecule has 3 rings (SSSR count). The van der Waals surface area contributed by atoms with Crippen molar-refractivity contribution in [2.75, 3.05) is 0 Å². The molecule has 0 aliphatic carbocycles. The second-order valence-electron chi connectivity index (χ2n) is 4.18. The number of furan rings is 1. The Kier molecular flexibility index (Phi) is 3.01. The predicted molar refractivity (Wildman–Crippen MR) is 76.0 cm³/mol. The highest BCUT2D eigenvalue weighted by Crippen LogP contribution is 2.21. The minimum absolute atomic E-state index is 0.260. The van der Waals surface area contributed by atoms with E-state index >= 15 is 0 Å². The zero-order valence-electron chi connectivity index (χ0n) is 10.4. The Balaban J connectivity index is 1.96. The summed E-state index contributed by atoms with van der Waals surface area (Å²) in [5.41, 5.74) is 1.88. The maximum Gasteiger partial charge on any atom is 0.433 e. The first-order chi connectivity index (χ1) is 9.74. The minimum Gasteiger partial charge on any atom is -0.401 e. The van der Waals surface area contributed by atoms with Crippen molar-refractivity contribution in [1.29, 1.82) is 0 Å². The summed E-state index contributed by atoms with van der Waals surface area (Å²) in [7, 11) is 0. The molecule has 0 saturated carbocycles. The van der Waals surface area contributed by atoms with Crippen molar-refractivity contribution >= 4 is 28.9 Å². The molecule has 0 N–H and O–H groups in total. The van der Waals surface area contributed by atoms with Crippen molar-refractivity contribution in [3.8, 4) is 0 Å². The summed E-state index contributed by atoms with van der Waals surface area (Å²) in [6.45, 7) is 0. The van der Waals surface area contributed by atoms with Gasteiger partial charge >= 0.3 is 5.88 Å². The van der Waals surface area contributed by atoms with Crippen LogP contribution in [0.3, 0.4) is 0 Å². The second-order valence-corrected chi connectivity index (χ2v) is 4.18. The van der Waals surface area contributed by atoms with Gasteiger partial charge < -0.3 is 4.42 Å². The summed E-state index contributed by atoms with van der Waals surface area (Å²) in [5.74, 6) is 0.182. The topological polar surface area (TPSA) is 69.2 Å². The maximum absolute atomic E-state index is 10.5. The van der Waals surface area contributed by atoms with Gasteiger partial charge in [0.15, 0.2) is 0 Å². The fraction of sp³-hybridized carbons (Fsp3) is 0. The first kappa shape index (κ1) is 12.1. The number of nitro groups is 1. The van der Waals surface area contributed by atoms with E-state index in [0.29, 0.717) is 5.76 Å². The highest BCUT2D eigenvalue weighted by atomic mass is 16.6. The third-order valence-electron chi connectivity index (χ3n) is 2.90. The number of pyridine rings is 1. The Morgan fingerprint density at radius 1 is 1.10 bits per heavy atom. The fourth-order valence-electron chi connectivity index (χ4n) is 1.97. The van der Waals surface area contributed by atoms with Crippen LogP contribution in [-0.2, 0) is 0 Å². The van der Waals surface area contributed by atoms with Crippen LogP contribution in [0.2, 0.25) is 0 Å². The number of benzene rings is 1. The van der Waals surface area contributed by atoms with Crippen molar-refractivity contribution in [3.05, 3.63) is 70.1 Å². The van der Waals surface area contributed by atoms with Crippen LogP contribution in [0.25, 0.3) is 23.1 Å². The summed E-state index contributed by atoms with van der Waals surface area (Å²) in [6.07, 6.45) is 5.29. The molecular formula is C15H10N2O3. The summed E-state index contributed by atoms with van der Waals surface area (Å²) < 4.78 is 5.08. The lowest BCUT2D eigenvalue weighted by Gasteiger charge is -2.00. The standard InChI is InChI=1S/C15H10N2O3/c18-17(19)15-8-7-12(20-15)6-5-11-9-10-16-14-4-2-1-3-13(11)14/h1-10H/b6-5+. The average molecular weight is 266 g/mol. The first-order valence-corrected chi connectivity index (χ1v) is 6.00. The molecule has 0 saturated heterocycles. The van der Waals surface area contributed by atoms with Gasteiger partial charge in [0, 0.05) is 11.6 Å². The highest BCUT2D eigenvalue weighted by Gasteiger charge is 2.09. The van der Waals surface area contributed by atoms with Gasteiger partial charge in [-0.25, -0.2) is 0 Å². The molecule has 0 fully saturated rings. The number of nitrogens with zero attached hydrogens (tertiary/aromatic N) is 2. The zero-order chi connectivity index (χ0) is 13.9. The van der Waals surface area contributed by atoms with Gasteiger partial charge in [-0.2, -0.15) is 0 Å². The van der Waals surface area contributed by atoms with E-state index in [1.54, 1.807) is 18.3 Å². The van der Waals surface area contributed by atoms with Crippen molar-refractivity contribution in [1.82, 2.24) is 4.98 Å². The van der Waals surface area contributed by atoms with Crippen LogP contribution in [-0.4, -0.2) is 9.91 Å². The van der Waals surface area contributed by atoms with Crippen molar-refractivity contribution in [2.24, 2.45) is 0 Å². The molecule has 0 atom stereocenters. The lowest BCUT2D eigenvalue weighted by atomic mass is 10.1. The maximum atomic E-state index is 10.5. The summed E-state index contributed by atoms with van der Waals surface area (Å²) in [5, 5.41) is 11.6. The van der Waals surface area contributed by atoms with Gasteiger partial charge in [-0.1, -0.05) is 24.3 Å². The third kappa shape index (κ3) is 2.29. The van der Waals surface area contributed by atoms with Crippen LogP contribution in [0, 0.1) is 10.1 Å². The van der Waals surface area contributed by atoms with Crippen LogP contribution in [0.5, 0.6) is 0 Å². The van der Waals surface area contributed by atoms with Crippen LogP contribution < -0.4 is 0 Å². The van der Waals surface area contributed by atoms with Gasteiger partial charge in [0.1, 0.15) is 10.7 Å². The Hall–Kier alpha value is -2.95. The molecule has 5 heteroatoms. The minimum atomic E-state index is -0.556. The quantitative estimate of drug-likeness (QED) is 0.532. The number of fused-ring (bicyclic) bond motifs is 1. The van der Waals surface area contributed by atoms with Gasteiger partial charge in [0.2, 0.25) is 0 Å². The average Bonchev–Trinajstić information content (AvgIpc) is 2.94. The van der Waals surface area contributed by atoms with E-state index < -0.39 is 4.92 Å². The van der Waals surface area contributed by atoms with Gasteiger partial charge in [0.05, 0.1) is 11.6 Å². The molecule has 3 aromatic rings. The van der Waals surface area contributed by atoms with Crippen LogP contribution >= 0.6 is 0 Å². The van der Waals surface area contributed by atoms with Crippen molar-refractivity contribution in [2.45, 2.75) is 0 Å². The molecule has 0 bridgehead atoms. The summed E-state index contributed by atoms with van der Waals surface area (Å²) in [6, 6.07) is 12.6. The van der Waals surface area contributed by atoms with Gasteiger partial charge in [-0.3, -0.25) is 15.1 Å². The molecule has 98 valence electrons. The Bertz CT molecular complexity index is 800. The van der Waals surface area contributed by atoms with E-state index in [0.717, 1.165) is 16.5 Å². The van der Waals surface area contributed by atoms with E-state index in [9.17, 15) is 10.1 Å². The highest BCUT2D eigenvalue weighted by molar-refractivity contribution is 5.89. The molecule has 2 heterocycles. The smallest absolute Gasteiger partial charge is 0.401 e.